The maximum Gasteiger partial charge on any atom is 0.197 e. The van der Waals surface area contributed by atoms with Gasteiger partial charge in [0.1, 0.15) is 32.1 Å². The van der Waals surface area contributed by atoms with Crippen molar-refractivity contribution < 1.29 is 19.2 Å². The zero-order chi connectivity index (χ0) is 31.6. The van der Waals surface area contributed by atoms with Crippen molar-refractivity contribution >= 4 is 123 Å². The summed E-state index contributed by atoms with van der Waals surface area (Å²) >= 11 is 3.69. The Hall–Kier alpha value is -5.62. The minimum atomic E-state index is -0.327. The number of aromatic nitrogens is 4. The van der Waals surface area contributed by atoms with Gasteiger partial charge in [0.25, 0.3) is 0 Å². The van der Waals surface area contributed by atoms with Crippen LogP contribution in [0.25, 0.3) is 65.2 Å². The predicted molar refractivity (Wildman–Crippen MR) is 185 cm³/mol. The van der Waals surface area contributed by atoms with Crippen LogP contribution in [-0.2, 0) is 0 Å². The van der Waals surface area contributed by atoms with Crippen LogP contribution < -0.4 is 0 Å². The highest BCUT2D eigenvalue weighted by atomic mass is 32.1. The summed E-state index contributed by atoms with van der Waals surface area (Å²) in [6.45, 7) is 0. The number of carbonyl (C=O) groups excluding carboxylic acids is 4. The molecule has 8 nitrogen and oxygen atoms in total. The first-order valence-corrected chi connectivity index (χ1v) is 16.8. The second-order valence-electron chi connectivity index (χ2n) is 11.3. The van der Waals surface area contributed by atoms with Crippen molar-refractivity contribution in [2.24, 2.45) is 0 Å². The fourth-order valence-corrected chi connectivity index (χ4v) is 9.16. The molecule has 0 aliphatic heterocycles. The Morgan fingerprint density at radius 3 is 1.15 bits per heavy atom. The molecule has 3 aromatic heterocycles. The molecule has 0 unspecified atom stereocenters. The monoisotopic (exact) mass is 662 g/mol. The van der Waals surface area contributed by atoms with Crippen molar-refractivity contribution in [1.29, 1.82) is 0 Å². The molecule has 0 N–H and O–H groups in total. The first-order chi connectivity index (χ1) is 22.9. The van der Waals surface area contributed by atoms with Crippen LogP contribution in [0.1, 0.15) is 51.4 Å². The Labute approximate surface area is 275 Å². The van der Waals surface area contributed by atoms with Gasteiger partial charge in [0.05, 0.1) is 32.3 Å². The van der Waals surface area contributed by atoms with E-state index in [1.165, 1.54) is 22.7 Å². The van der Waals surface area contributed by atoms with E-state index < -0.39 is 0 Å². The molecular formula is C36H14N4O4S3. The summed E-state index contributed by atoms with van der Waals surface area (Å²) in [6, 6.07) is 22.3. The standard InChI is InChI=1S/C36H14N4O4S3/c41-31-19-9-15-5-1-2-6-16(15)10-20(19)32(42)23(31)13-25-37-29-27-28(40-47-39-27)30-36(35(29)45-25)46-26(38-30)14-24-33(43)21-11-17-7-3-4-8-18(17)12-22(21)34(24)44/h1-14H. The minimum Gasteiger partial charge on any atom is -0.288 e. The van der Waals surface area contributed by atoms with Gasteiger partial charge in [-0.2, -0.15) is 8.75 Å². The zero-order valence-corrected chi connectivity index (χ0v) is 26.2. The van der Waals surface area contributed by atoms with Crippen molar-refractivity contribution in [3.05, 3.63) is 116 Å². The molecule has 0 spiro atoms. The molecule has 0 fully saturated rings. The molecule has 47 heavy (non-hydrogen) atoms. The lowest BCUT2D eigenvalue weighted by Crippen LogP contribution is -2.00. The highest BCUT2D eigenvalue weighted by Gasteiger charge is 2.35. The molecule has 0 bridgehead atoms. The molecule has 3 heterocycles. The first kappa shape index (κ1) is 26.6. The average Bonchev–Trinajstić information content (AvgIpc) is 3.90. The van der Waals surface area contributed by atoms with E-state index in [0.717, 1.165) is 42.7 Å². The van der Waals surface area contributed by atoms with Gasteiger partial charge in [0.15, 0.2) is 23.1 Å². The molecular weight excluding hydrogens is 649 g/mol. The number of thiazole rings is 2. The maximum atomic E-state index is 13.4. The van der Waals surface area contributed by atoms with E-state index in [-0.39, 0.29) is 34.3 Å². The van der Waals surface area contributed by atoms with E-state index >= 15 is 0 Å². The molecule has 0 amide bonds. The summed E-state index contributed by atoms with van der Waals surface area (Å²) < 4.78 is 10.5. The van der Waals surface area contributed by atoms with Gasteiger partial charge in [0.2, 0.25) is 0 Å². The Morgan fingerprint density at radius 1 is 0.468 bits per heavy atom. The molecule has 220 valence electrons. The van der Waals surface area contributed by atoms with Crippen LogP contribution in [0.15, 0.2) is 83.9 Å². The van der Waals surface area contributed by atoms with E-state index in [9.17, 15) is 19.2 Å². The first-order valence-electron chi connectivity index (χ1n) is 14.5. The summed E-state index contributed by atoms with van der Waals surface area (Å²) in [4.78, 5) is 63.3. The van der Waals surface area contributed by atoms with Crippen LogP contribution in [0, 0.1) is 0 Å². The van der Waals surface area contributed by atoms with E-state index in [4.69, 9.17) is 9.97 Å². The van der Waals surface area contributed by atoms with Crippen molar-refractivity contribution in [1.82, 2.24) is 18.7 Å². The summed E-state index contributed by atoms with van der Waals surface area (Å²) in [5.74, 6) is -1.31. The van der Waals surface area contributed by atoms with Crippen molar-refractivity contribution in [3.63, 3.8) is 0 Å². The number of carbonyl (C=O) groups is 4. The third kappa shape index (κ3) is 3.72. The number of hydrogen-bond donors (Lipinski definition) is 0. The topological polar surface area (TPSA) is 120 Å². The number of rotatable bonds is 2. The molecule has 2 aliphatic rings. The van der Waals surface area contributed by atoms with Crippen molar-refractivity contribution in [2.45, 2.75) is 0 Å². The summed E-state index contributed by atoms with van der Waals surface area (Å²) in [6.07, 6.45) is 3.11. The highest BCUT2D eigenvalue weighted by molar-refractivity contribution is 7.27. The van der Waals surface area contributed by atoms with Gasteiger partial charge in [-0.3, -0.25) is 19.2 Å². The van der Waals surface area contributed by atoms with Crippen LogP contribution in [0.3, 0.4) is 0 Å². The van der Waals surface area contributed by atoms with Gasteiger partial charge in [-0.05, 0) is 58.0 Å². The van der Waals surface area contributed by atoms with E-state index in [2.05, 4.69) is 8.75 Å². The Kier molecular flexibility index (Phi) is 5.35. The van der Waals surface area contributed by atoms with E-state index in [1.54, 1.807) is 36.4 Å². The van der Waals surface area contributed by atoms with E-state index in [0.29, 0.717) is 54.3 Å². The maximum absolute atomic E-state index is 13.4. The number of hydrogen-bond acceptors (Lipinski definition) is 11. The van der Waals surface area contributed by atoms with Crippen LogP contribution in [0.4, 0.5) is 0 Å². The summed E-state index contributed by atoms with van der Waals surface area (Å²) in [7, 11) is 0. The molecule has 10 rings (SSSR count). The molecule has 0 saturated carbocycles. The van der Waals surface area contributed by atoms with E-state index in [1.807, 2.05) is 48.5 Å². The molecule has 5 aromatic carbocycles. The zero-order valence-electron chi connectivity index (χ0n) is 23.7. The quantitative estimate of drug-likeness (QED) is 0.134. The number of ketones is 4. The molecule has 0 atom stereocenters. The lowest BCUT2D eigenvalue weighted by atomic mass is 10.0. The fourth-order valence-electron chi connectivity index (χ4n) is 6.45. The van der Waals surface area contributed by atoms with Crippen LogP contribution in [0.5, 0.6) is 0 Å². The summed E-state index contributed by atoms with van der Waals surface area (Å²) in [5, 5.41) is 4.53. The summed E-state index contributed by atoms with van der Waals surface area (Å²) in [5.41, 5.74) is 4.01. The largest absolute Gasteiger partial charge is 0.288 e. The number of allylic oxidation sites excluding steroid dienone is 2. The number of nitrogens with zero attached hydrogens (tertiary/aromatic N) is 4. The van der Waals surface area contributed by atoms with Crippen LogP contribution in [0.2, 0.25) is 0 Å². The molecule has 2 aliphatic carbocycles. The van der Waals surface area contributed by atoms with Crippen molar-refractivity contribution in [3.8, 4) is 0 Å². The van der Waals surface area contributed by atoms with Gasteiger partial charge < -0.3 is 0 Å². The lowest BCUT2D eigenvalue weighted by Gasteiger charge is -2.00. The van der Waals surface area contributed by atoms with Crippen LogP contribution >= 0.6 is 34.4 Å². The Morgan fingerprint density at radius 2 is 0.809 bits per heavy atom. The van der Waals surface area contributed by atoms with Crippen LogP contribution in [-0.4, -0.2) is 41.8 Å². The smallest absolute Gasteiger partial charge is 0.197 e. The fraction of sp³-hybridized carbons (Fsp3) is 0. The van der Waals surface area contributed by atoms with Gasteiger partial charge in [-0.25, -0.2) is 9.97 Å². The molecule has 0 saturated heterocycles. The third-order valence-electron chi connectivity index (χ3n) is 8.70. The Bertz CT molecular complexity index is 2580. The lowest BCUT2D eigenvalue weighted by molar-refractivity contribution is 0.0975. The average molecular weight is 663 g/mol. The predicted octanol–water partition coefficient (Wildman–Crippen LogP) is 8.14. The highest BCUT2D eigenvalue weighted by Crippen LogP contribution is 2.42. The second-order valence-corrected chi connectivity index (χ2v) is 13.9. The SMILES string of the molecule is O=C1C(=Cc2nc3c4nsnc4c4nc(C=C5C(=O)c6cc7ccccc7cc6C5=O)sc4c3s2)C(=O)c2cc3ccccc3cc21. The number of fused-ring (bicyclic) bond motifs is 10. The molecule has 8 aromatic rings. The van der Waals surface area contributed by atoms with Gasteiger partial charge in [-0.15, -0.1) is 22.7 Å². The van der Waals surface area contributed by atoms with Crippen molar-refractivity contribution in [2.75, 3.05) is 0 Å². The van der Waals surface area contributed by atoms with Gasteiger partial charge in [-0.1, -0.05) is 48.5 Å². The Balaban J connectivity index is 1.09. The number of Topliss-reactive ketones (excluding diaryl/α,β-unsaturated/α-hetero) is 4. The molecule has 11 heteroatoms. The van der Waals surface area contributed by atoms with Gasteiger partial charge >= 0.3 is 0 Å². The number of benzene rings is 5. The normalized spacial score (nSPS) is 14.5. The van der Waals surface area contributed by atoms with Gasteiger partial charge in [0, 0.05) is 22.3 Å². The molecule has 0 radical (unpaired) electrons. The minimum absolute atomic E-state index is 0.0680. The second kappa shape index (κ2) is 9.46. The third-order valence-corrected chi connectivity index (χ3v) is 11.4.